The average molecular weight is 712 g/mol. The number of anilines is 2. The molecule has 4 aromatic rings. The summed E-state index contributed by atoms with van der Waals surface area (Å²) in [5, 5.41) is 0. The monoisotopic (exact) mass is 711 g/mol. The number of benzene rings is 4. The van der Waals surface area contributed by atoms with Gasteiger partial charge < -0.3 is 19.6 Å². The molecule has 1 saturated carbocycles. The van der Waals surface area contributed by atoms with Crippen LogP contribution in [0.5, 0.6) is 0 Å². The van der Waals surface area contributed by atoms with Gasteiger partial charge >= 0.3 is 21.1 Å². The second-order valence-electron chi connectivity index (χ2n) is 11.3. The third kappa shape index (κ3) is 3.50. The van der Waals surface area contributed by atoms with Crippen LogP contribution in [0, 0.1) is 25.5 Å². The van der Waals surface area contributed by atoms with Crippen LogP contribution < -0.4 is 9.80 Å². The van der Waals surface area contributed by atoms with E-state index in [9.17, 15) is 0 Å². The minimum atomic E-state index is -0.540. The molecule has 5 heteroatoms. The van der Waals surface area contributed by atoms with Crippen molar-refractivity contribution in [1.82, 2.24) is 9.80 Å². The molecule has 3 aliphatic heterocycles. The largest absolute Gasteiger partial charge is 4.00 e. The summed E-state index contributed by atoms with van der Waals surface area (Å²) in [5.74, 6) is 0. The number of nitrogens with zero attached hydrogens (tertiary/aromatic N) is 4. The summed E-state index contributed by atoms with van der Waals surface area (Å²) in [4.78, 5) is 9.28. The fourth-order valence-electron chi connectivity index (χ4n) is 7.65. The molecule has 0 radical (unpaired) electrons. The van der Waals surface area contributed by atoms with Crippen LogP contribution >= 0.6 is 0 Å². The Balaban J connectivity index is 0.00000256. The fourth-order valence-corrected chi connectivity index (χ4v) is 7.65. The second kappa shape index (κ2) is 9.39. The van der Waals surface area contributed by atoms with Crippen LogP contribution in [0.2, 0.25) is 0 Å². The molecule has 2 unspecified atom stereocenters. The van der Waals surface area contributed by atoms with E-state index in [1.807, 2.05) is 0 Å². The summed E-state index contributed by atoms with van der Waals surface area (Å²) >= 11 is 0. The van der Waals surface area contributed by atoms with E-state index >= 15 is 0 Å². The van der Waals surface area contributed by atoms with Gasteiger partial charge in [0.05, 0.1) is 0 Å². The van der Waals surface area contributed by atoms with E-state index in [1.165, 1.54) is 41.5 Å². The fraction of sp³-hybridized carbons (Fsp3) is 0.167. The van der Waals surface area contributed by atoms with Gasteiger partial charge in [-0.3, -0.25) is 0 Å². The first-order valence-corrected chi connectivity index (χ1v) is 14.2. The molecule has 4 aromatic carbocycles. The van der Waals surface area contributed by atoms with Gasteiger partial charge in [-0.1, -0.05) is 48.5 Å². The Bertz CT molecular complexity index is 1580. The smallest absolute Gasteiger partial charge is 0.504 e. The Kier molecular flexibility index (Phi) is 5.73. The van der Waals surface area contributed by atoms with Crippen molar-refractivity contribution < 1.29 is 21.1 Å². The van der Waals surface area contributed by atoms with Crippen LogP contribution in [0.3, 0.4) is 0 Å². The van der Waals surface area contributed by atoms with Crippen molar-refractivity contribution in [1.29, 1.82) is 0 Å². The van der Waals surface area contributed by atoms with Gasteiger partial charge in [0.1, 0.15) is 0 Å². The maximum atomic E-state index is 3.91. The van der Waals surface area contributed by atoms with Crippen molar-refractivity contribution in [2.45, 2.75) is 36.8 Å². The summed E-state index contributed by atoms with van der Waals surface area (Å²) < 4.78 is 0. The van der Waals surface area contributed by atoms with Crippen LogP contribution in [0.1, 0.15) is 41.5 Å². The Morgan fingerprint density at radius 1 is 0.585 bits per heavy atom. The molecule has 8 bridgehead atoms. The molecule has 9 rings (SSSR count). The first-order chi connectivity index (χ1) is 19.8. The summed E-state index contributed by atoms with van der Waals surface area (Å²) in [6.07, 6.45) is 12.4. The molecule has 41 heavy (non-hydrogen) atoms. The van der Waals surface area contributed by atoms with Crippen LogP contribution in [-0.2, 0) is 26.5 Å². The molecule has 0 N–H and O–H groups in total. The number of hydrogen-bond acceptors (Lipinski definition) is 4. The molecule has 0 aromatic heterocycles. The molecule has 0 amide bonds. The zero-order valence-corrected chi connectivity index (χ0v) is 24.7. The van der Waals surface area contributed by atoms with E-state index < -0.39 is 5.41 Å². The van der Waals surface area contributed by atoms with E-state index in [0.717, 1.165) is 22.5 Å². The van der Waals surface area contributed by atoms with Gasteiger partial charge in [0.2, 0.25) is 0 Å². The predicted molar refractivity (Wildman–Crippen MR) is 158 cm³/mol. The van der Waals surface area contributed by atoms with E-state index in [1.54, 1.807) is 0 Å². The number of fused-ring (bicyclic) bond motifs is 20. The van der Waals surface area contributed by atoms with Crippen molar-refractivity contribution in [3.8, 4) is 11.1 Å². The Morgan fingerprint density at radius 3 is 1.59 bits per heavy atom. The van der Waals surface area contributed by atoms with Crippen LogP contribution in [0.25, 0.3) is 11.1 Å². The number of rotatable bonds is 0. The first-order valence-electron chi connectivity index (χ1n) is 14.2. The topological polar surface area (TPSA) is 13.0 Å². The third-order valence-corrected chi connectivity index (χ3v) is 9.40. The van der Waals surface area contributed by atoms with Gasteiger partial charge in [-0.25, -0.2) is 0 Å². The summed E-state index contributed by atoms with van der Waals surface area (Å²) in [5.41, 5.74) is 8.94. The van der Waals surface area contributed by atoms with E-state index in [0.29, 0.717) is 12.1 Å². The molecule has 2 atom stereocenters. The second-order valence-corrected chi connectivity index (χ2v) is 11.3. The van der Waals surface area contributed by atoms with Crippen molar-refractivity contribution in [3.05, 3.63) is 157 Å². The average Bonchev–Trinajstić information content (AvgIpc) is 3.81. The molecule has 0 saturated heterocycles. The third-order valence-electron chi connectivity index (χ3n) is 9.40. The van der Waals surface area contributed by atoms with E-state index in [2.05, 4.69) is 155 Å². The van der Waals surface area contributed by atoms with Gasteiger partial charge in [-0.2, -0.15) is 61.9 Å². The molecule has 202 valence electrons. The van der Waals surface area contributed by atoms with E-state index in [-0.39, 0.29) is 21.1 Å². The van der Waals surface area contributed by atoms with Gasteiger partial charge in [-0.15, -0.1) is 22.5 Å². The SMILES string of the molecule is [Pt+4].[c-]1c2cccc1C1(c3[c-]c(ccc3)N3C=CN([CH-]3)C3CCCC3N3C=CN2[CH-]3)c2ccccc2-c2ccccc21. The van der Waals surface area contributed by atoms with Crippen molar-refractivity contribution >= 4 is 11.4 Å². The standard InChI is InChI=1S/C36H28N4.Pt/c1-3-14-32-30(12-1)31-13-2-4-15-33(31)36(32)26-8-5-10-28(22-26)37-18-20-39(24-37)34-16-7-17-35(34)40-21-19-38(25-40)29-11-6-9-27(36)23-29;/h1-6,8-15,18-21,24-25,34-35H,7,16-17H2;/q-4;+4. The molecule has 4 nitrogen and oxygen atoms in total. The summed E-state index contributed by atoms with van der Waals surface area (Å²) in [7, 11) is 0. The zero-order valence-electron chi connectivity index (χ0n) is 22.4. The van der Waals surface area contributed by atoms with E-state index in [4.69, 9.17) is 0 Å². The van der Waals surface area contributed by atoms with Gasteiger partial charge in [0.25, 0.3) is 0 Å². The van der Waals surface area contributed by atoms with Gasteiger partial charge in [-0.05, 0) is 66.3 Å². The Hall–Kier alpha value is -3.75. The van der Waals surface area contributed by atoms with Crippen LogP contribution in [0.15, 0.2) is 110 Å². The Labute approximate surface area is 256 Å². The molecular weight excluding hydrogens is 684 g/mol. The minimum Gasteiger partial charge on any atom is -0.504 e. The first kappa shape index (κ1) is 25.0. The number of hydrogen-bond donors (Lipinski definition) is 0. The normalized spacial score (nSPS) is 22.2. The van der Waals surface area contributed by atoms with Crippen molar-refractivity contribution in [3.63, 3.8) is 0 Å². The molecule has 1 spiro atoms. The summed E-state index contributed by atoms with van der Waals surface area (Å²) in [6.45, 7) is 4.51. The van der Waals surface area contributed by atoms with Gasteiger partial charge in [0, 0.05) is 17.5 Å². The zero-order chi connectivity index (χ0) is 26.3. The quantitative estimate of drug-likeness (QED) is 0.161. The maximum Gasteiger partial charge on any atom is 4.00 e. The van der Waals surface area contributed by atoms with Crippen LogP contribution in [-0.4, -0.2) is 21.9 Å². The molecule has 2 aliphatic carbocycles. The van der Waals surface area contributed by atoms with Crippen molar-refractivity contribution in [2.24, 2.45) is 0 Å². The summed E-state index contributed by atoms with van der Waals surface area (Å²) in [6, 6.07) is 39.6. The maximum absolute atomic E-state index is 3.91. The Morgan fingerprint density at radius 2 is 1.07 bits per heavy atom. The van der Waals surface area contributed by atoms with Crippen molar-refractivity contribution in [2.75, 3.05) is 9.80 Å². The molecule has 1 fully saturated rings. The van der Waals surface area contributed by atoms with Gasteiger partial charge in [0.15, 0.2) is 0 Å². The predicted octanol–water partition coefficient (Wildman–Crippen LogP) is 7.01. The molecular formula is C36H28N4Pt. The minimum absolute atomic E-state index is 0. The molecule has 3 heterocycles. The van der Waals surface area contributed by atoms with Crippen LogP contribution in [0.4, 0.5) is 11.4 Å². The molecule has 5 aliphatic rings.